The van der Waals surface area contributed by atoms with Gasteiger partial charge in [-0.3, -0.25) is 19.2 Å². The number of thiazole rings is 1. The van der Waals surface area contributed by atoms with Crippen LogP contribution in [0.5, 0.6) is 0 Å². The van der Waals surface area contributed by atoms with Crippen LogP contribution in [0.2, 0.25) is 0 Å². The molecule has 3 heterocycles. The minimum Gasteiger partial charge on any atom is -0.276 e. The molecule has 0 bridgehead atoms. The molecular formula is C17H22N4O2S. The fourth-order valence-electron chi connectivity index (χ4n) is 3.37. The second-order valence-corrected chi connectivity index (χ2v) is 8.03. The molecule has 0 aromatic carbocycles. The molecule has 2 aromatic heterocycles. The predicted molar refractivity (Wildman–Crippen MR) is 92.1 cm³/mol. The van der Waals surface area contributed by atoms with Gasteiger partial charge in [0, 0.05) is 30.6 Å². The molecule has 0 saturated carbocycles. The Kier molecular flexibility index (Phi) is 4.29. The van der Waals surface area contributed by atoms with Gasteiger partial charge in [-0.15, -0.1) is 11.3 Å². The van der Waals surface area contributed by atoms with Gasteiger partial charge >= 0.3 is 0 Å². The number of carbonyl (C=O) groups excluding carboxylic acids is 2. The van der Waals surface area contributed by atoms with Crippen molar-refractivity contribution >= 4 is 23.2 Å². The number of nitrogens with zero attached hydrogens (tertiary/aromatic N) is 4. The van der Waals surface area contributed by atoms with Gasteiger partial charge in [-0.05, 0) is 12.3 Å². The molecule has 2 aromatic rings. The number of amides is 2. The molecule has 1 saturated heterocycles. The Bertz CT molecular complexity index is 779. The monoisotopic (exact) mass is 346 g/mol. The van der Waals surface area contributed by atoms with E-state index in [-0.39, 0.29) is 18.4 Å². The van der Waals surface area contributed by atoms with Crippen LogP contribution in [0.25, 0.3) is 10.6 Å². The molecule has 1 atom stereocenters. The van der Waals surface area contributed by atoms with Gasteiger partial charge in [-0.25, -0.2) is 4.98 Å². The van der Waals surface area contributed by atoms with Gasteiger partial charge in [0.15, 0.2) is 0 Å². The third kappa shape index (κ3) is 3.13. The third-order valence-electron chi connectivity index (χ3n) is 4.29. The van der Waals surface area contributed by atoms with E-state index in [1.165, 1.54) is 16.2 Å². The lowest BCUT2D eigenvalue weighted by atomic mass is 9.80. The zero-order valence-electron chi connectivity index (χ0n) is 14.4. The van der Waals surface area contributed by atoms with Gasteiger partial charge in [0.1, 0.15) is 5.01 Å². The van der Waals surface area contributed by atoms with E-state index in [4.69, 9.17) is 0 Å². The Morgan fingerprint density at radius 2 is 2.12 bits per heavy atom. The highest BCUT2D eigenvalue weighted by atomic mass is 32.1. The standard InChI is InChI=1S/C17H22N4O2S/c1-11(2)5-17(3)6-14(22)21(16(17)23)9-13-10-24-15(19-13)12-7-18-20(4)8-12/h7-8,10-11H,5-6,9H2,1-4H3. The van der Waals surface area contributed by atoms with E-state index in [9.17, 15) is 9.59 Å². The number of imide groups is 1. The quantitative estimate of drug-likeness (QED) is 0.781. The van der Waals surface area contributed by atoms with Crippen LogP contribution in [0, 0.1) is 11.3 Å². The Hall–Kier alpha value is -2.02. The molecule has 1 aliphatic rings. The van der Waals surface area contributed by atoms with Gasteiger partial charge < -0.3 is 0 Å². The van der Waals surface area contributed by atoms with Crippen molar-refractivity contribution in [3.63, 3.8) is 0 Å². The van der Waals surface area contributed by atoms with E-state index in [1.54, 1.807) is 10.9 Å². The first-order valence-corrected chi connectivity index (χ1v) is 8.95. The number of likely N-dealkylation sites (tertiary alicyclic amines) is 1. The maximum atomic E-state index is 12.7. The van der Waals surface area contributed by atoms with E-state index in [0.717, 1.165) is 22.7 Å². The second-order valence-electron chi connectivity index (χ2n) is 7.17. The van der Waals surface area contributed by atoms with Crippen LogP contribution >= 0.6 is 11.3 Å². The van der Waals surface area contributed by atoms with Crippen molar-refractivity contribution in [3.05, 3.63) is 23.5 Å². The van der Waals surface area contributed by atoms with Gasteiger partial charge in [0.25, 0.3) is 0 Å². The molecule has 0 aliphatic carbocycles. The molecule has 1 aliphatic heterocycles. The zero-order valence-corrected chi connectivity index (χ0v) is 15.3. The molecule has 24 heavy (non-hydrogen) atoms. The largest absolute Gasteiger partial charge is 0.276 e. The van der Waals surface area contributed by atoms with Crippen molar-refractivity contribution in [2.24, 2.45) is 18.4 Å². The summed E-state index contributed by atoms with van der Waals surface area (Å²) in [5.74, 6) is 0.208. The minimum absolute atomic E-state index is 0.0721. The number of rotatable bonds is 5. The molecule has 128 valence electrons. The molecule has 0 N–H and O–H groups in total. The SMILES string of the molecule is CC(C)CC1(C)CC(=O)N(Cc2csc(-c3cnn(C)c3)n2)C1=O. The van der Waals surface area contributed by atoms with Crippen molar-refractivity contribution in [2.75, 3.05) is 0 Å². The number of hydrogen-bond donors (Lipinski definition) is 0. The first-order chi connectivity index (χ1) is 11.3. The maximum Gasteiger partial charge on any atom is 0.236 e. The summed E-state index contributed by atoms with van der Waals surface area (Å²) < 4.78 is 1.72. The first-order valence-electron chi connectivity index (χ1n) is 8.07. The van der Waals surface area contributed by atoms with Crippen molar-refractivity contribution < 1.29 is 9.59 Å². The lowest BCUT2D eigenvalue weighted by molar-refractivity contribution is -0.142. The summed E-state index contributed by atoms with van der Waals surface area (Å²) in [6.07, 6.45) is 4.68. The van der Waals surface area contributed by atoms with Crippen LogP contribution in [0.15, 0.2) is 17.8 Å². The Labute approximate surface area is 145 Å². The summed E-state index contributed by atoms with van der Waals surface area (Å²) in [6, 6.07) is 0. The van der Waals surface area contributed by atoms with Crippen LogP contribution in [-0.4, -0.2) is 31.5 Å². The highest BCUT2D eigenvalue weighted by molar-refractivity contribution is 7.13. The highest BCUT2D eigenvalue weighted by Crippen LogP contribution is 2.39. The van der Waals surface area contributed by atoms with Gasteiger partial charge in [0.2, 0.25) is 11.8 Å². The summed E-state index contributed by atoms with van der Waals surface area (Å²) >= 11 is 1.50. The number of carbonyl (C=O) groups is 2. The summed E-state index contributed by atoms with van der Waals surface area (Å²) in [7, 11) is 1.86. The van der Waals surface area contributed by atoms with Gasteiger partial charge in [-0.2, -0.15) is 5.10 Å². The van der Waals surface area contributed by atoms with Crippen molar-refractivity contribution in [1.29, 1.82) is 0 Å². The van der Waals surface area contributed by atoms with Crippen molar-refractivity contribution in [3.8, 4) is 10.6 Å². The summed E-state index contributed by atoms with van der Waals surface area (Å²) in [5, 5.41) is 6.89. The molecule has 6 nitrogen and oxygen atoms in total. The minimum atomic E-state index is -0.576. The van der Waals surface area contributed by atoms with E-state index in [2.05, 4.69) is 23.9 Å². The van der Waals surface area contributed by atoms with E-state index >= 15 is 0 Å². The molecular weight excluding hydrogens is 324 g/mol. The second kappa shape index (κ2) is 6.12. The zero-order chi connectivity index (χ0) is 17.5. The van der Waals surface area contributed by atoms with Crippen LogP contribution in [0.1, 0.15) is 39.3 Å². The molecule has 3 rings (SSSR count). The van der Waals surface area contributed by atoms with E-state index in [1.807, 2.05) is 25.5 Å². The average molecular weight is 346 g/mol. The lowest BCUT2D eigenvalue weighted by Gasteiger charge is -2.23. The summed E-state index contributed by atoms with van der Waals surface area (Å²) in [4.78, 5) is 31.0. The van der Waals surface area contributed by atoms with Crippen LogP contribution in [-0.2, 0) is 23.2 Å². The molecule has 1 unspecified atom stereocenters. The fourth-order valence-corrected chi connectivity index (χ4v) is 4.16. The topological polar surface area (TPSA) is 68.1 Å². The molecule has 1 fully saturated rings. The van der Waals surface area contributed by atoms with Gasteiger partial charge in [-0.1, -0.05) is 20.8 Å². The van der Waals surface area contributed by atoms with Crippen LogP contribution in [0.4, 0.5) is 0 Å². The molecule has 7 heteroatoms. The lowest BCUT2D eigenvalue weighted by Crippen LogP contribution is -2.34. The normalized spacial score (nSPS) is 21.3. The van der Waals surface area contributed by atoms with Crippen LogP contribution < -0.4 is 0 Å². The fraction of sp³-hybridized carbons (Fsp3) is 0.529. The number of hydrogen-bond acceptors (Lipinski definition) is 5. The van der Waals surface area contributed by atoms with Crippen molar-refractivity contribution in [2.45, 2.75) is 40.2 Å². The maximum absolute atomic E-state index is 12.7. The summed E-state index contributed by atoms with van der Waals surface area (Å²) in [6.45, 7) is 6.30. The molecule has 0 spiro atoms. The Balaban J connectivity index is 1.76. The summed E-state index contributed by atoms with van der Waals surface area (Å²) in [5.41, 5.74) is 1.11. The number of aromatic nitrogens is 3. The van der Waals surface area contributed by atoms with Crippen molar-refractivity contribution in [1.82, 2.24) is 19.7 Å². The smallest absolute Gasteiger partial charge is 0.236 e. The Morgan fingerprint density at radius 1 is 1.38 bits per heavy atom. The van der Waals surface area contributed by atoms with E-state index in [0.29, 0.717) is 12.3 Å². The van der Waals surface area contributed by atoms with Crippen LogP contribution in [0.3, 0.4) is 0 Å². The predicted octanol–water partition coefficient (Wildman–Crippen LogP) is 2.85. The Morgan fingerprint density at radius 3 is 2.75 bits per heavy atom. The van der Waals surface area contributed by atoms with E-state index < -0.39 is 5.41 Å². The highest BCUT2D eigenvalue weighted by Gasteiger charge is 2.48. The average Bonchev–Trinajstić information content (AvgIpc) is 3.15. The van der Waals surface area contributed by atoms with Gasteiger partial charge in [0.05, 0.1) is 23.9 Å². The third-order valence-corrected chi connectivity index (χ3v) is 5.23. The number of aryl methyl sites for hydroxylation is 1. The molecule has 0 radical (unpaired) electrons. The molecule has 2 amide bonds. The first kappa shape index (κ1) is 16.8.